The van der Waals surface area contributed by atoms with Gasteiger partial charge < -0.3 is 5.11 Å². The molecule has 0 radical (unpaired) electrons. The Morgan fingerprint density at radius 3 is 2.58 bits per heavy atom. The SMILES string of the molecule is CC1(C)CCCCC[C@@H]1C(=O)O. The lowest BCUT2D eigenvalue weighted by Gasteiger charge is -2.29. The number of hydrogen-bond acceptors (Lipinski definition) is 1. The van der Waals surface area contributed by atoms with Gasteiger partial charge in [0.2, 0.25) is 0 Å². The number of rotatable bonds is 1. The largest absolute Gasteiger partial charge is 0.481 e. The van der Waals surface area contributed by atoms with Gasteiger partial charge in [-0.2, -0.15) is 0 Å². The molecule has 0 aromatic rings. The molecule has 12 heavy (non-hydrogen) atoms. The summed E-state index contributed by atoms with van der Waals surface area (Å²) in [7, 11) is 0. The minimum absolute atomic E-state index is 0.00231. The van der Waals surface area contributed by atoms with Gasteiger partial charge >= 0.3 is 5.97 Å². The van der Waals surface area contributed by atoms with Crippen LogP contribution in [0.2, 0.25) is 0 Å². The molecule has 1 atom stereocenters. The molecule has 2 nitrogen and oxygen atoms in total. The molecule has 0 heterocycles. The normalized spacial score (nSPS) is 29.3. The summed E-state index contributed by atoms with van der Waals surface area (Å²) in [6.07, 6.45) is 5.40. The third-order valence-electron chi connectivity index (χ3n) is 3.06. The Morgan fingerprint density at radius 1 is 1.33 bits per heavy atom. The van der Waals surface area contributed by atoms with Gasteiger partial charge in [0, 0.05) is 0 Å². The second kappa shape index (κ2) is 3.46. The summed E-state index contributed by atoms with van der Waals surface area (Å²) < 4.78 is 0. The minimum Gasteiger partial charge on any atom is -0.481 e. The topological polar surface area (TPSA) is 37.3 Å². The zero-order chi connectivity index (χ0) is 9.19. The fraction of sp³-hybridized carbons (Fsp3) is 0.900. The molecule has 0 aromatic carbocycles. The molecule has 1 saturated carbocycles. The third-order valence-corrected chi connectivity index (χ3v) is 3.06. The van der Waals surface area contributed by atoms with Crippen LogP contribution in [0.25, 0.3) is 0 Å². The first kappa shape index (κ1) is 9.56. The summed E-state index contributed by atoms with van der Waals surface area (Å²) in [6.45, 7) is 4.16. The number of carboxylic acid groups (broad SMARTS) is 1. The third kappa shape index (κ3) is 1.99. The van der Waals surface area contributed by atoms with Crippen LogP contribution in [0.15, 0.2) is 0 Å². The van der Waals surface area contributed by atoms with Crippen LogP contribution < -0.4 is 0 Å². The molecular weight excluding hydrogens is 152 g/mol. The Bertz CT molecular complexity index is 173. The molecule has 2 heteroatoms. The van der Waals surface area contributed by atoms with Gasteiger partial charge in [-0.3, -0.25) is 4.79 Å². The molecule has 0 aliphatic heterocycles. The molecule has 1 aliphatic rings. The highest BCUT2D eigenvalue weighted by molar-refractivity contribution is 5.70. The van der Waals surface area contributed by atoms with Crippen molar-refractivity contribution in [3.05, 3.63) is 0 Å². The van der Waals surface area contributed by atoms with E-state index >= 15 is 0 Å². The van der Waals surface area contributed by atoms with E-state index in [0.29, 0.717) is 0 Å². The smallest absolute Gasteiger partial charge is 0.307 e. The van der Waals surface area contributed by atoms with E-state index in [2.05, 4.69) is 13.8 Å². The fourth-order valence-electron chi connectivity index (χ4n) is 2.13. The first-order chi connectivity index (χ1) is 5.54. The van der Waals surface area contributed by atoms with E-state index in [1.807, 2.05) is 0 Å². The van der Waals surface area contributed by atoms with E-state index in [1.54, 1.807) is 0 Å². The first-order valence-electron chi connectivity index (χ1n) is 4.77. The van der Waals surface area contributed by atoms with Crippen LogP contribution in [0.3, 0.4) is 0 Å². The molecule has 0 aromatic heterocycles. The summed E-state index contributed by atoms with van der Waals surface area (Å²) in [5, 5.41) is 9.00. The van der Waals surface area contributed by atoms with E-state index < -0.39 is 5.97 Å². The maximum absolute atomic E-state index is 10.9. The van der Waals surface area contributed by atoms with Crippen molar-refractivity contribution >= 4 is 5.97 Å². The van der Waals surface area contributed by atoms with Gasteiger partial charge in [-0.1, -0.05) is 33.1 Å². The van der Waals surface area contributed by atoms with Crippen molar-refractivity contribution in [1.29, 1.82) is 0 Å². The zero-order valence-electron chi connectivity index (χ0n) is 7.97. The standard InChI is InChI=1S/C10H18O2/c1-10(2)7-5-3-4-6-8(10)9(11)12/h8H,3-7H2,1-2H3,(H,11,12)/t8-/m1/s1. The van der Waals surface area contributed by atoms with Crippen LogP contribution in [0.1, 0.15) is 46.0 Å². The van der Waals surface area contributed by atoms with Crippen LogP contribution in [0.4, 0.5) is 0 Å². The minimum atomic E-state index is -0.609. The van der Waals surface area contributed by atoms with Crippen LogP contribution in [-0.2, 0) is 4.79 Å². The molecule has 0 saturated heterocycles. The molecular formula is C10H18O2. The van der Waals surface area contributed by atoms with E-state index in [0.717, 1.165) is 19.3 Å². The molecule has 1 N–H and O–H groups in total. The van der Waals surface area contributed by atoms with Crippen molar-refractivity contribution in [2.75, 3.05) is 0 Å². The zero-order valence-corrected chi connectivity index (χ0v) is 7.97. The summed E-state index contributed by atoms with van der Waals surface area (Å²) in [6, 6.07) is 0. The quantitative estimate of drug-likeness (QED) is 0.614. The molecule has 1 fully saturated rings. The lowest BCUT2D eigenvalue weighted by molar-refractivity contribution is -0.146. The lowest BCUT2D eigenvalue weighted by Crippen LogP contribution is -2.29. The maximum Gasteiger partial charge on any atom is 0.307 e. The van der Waals surface area contributed by atoms with Gasteiger partial charge in [0.05, 0.1) is 5.92 Å². The Kier molecular flexibility index (Phi) is 2.76. The van der Waals surface area contributed by atoms with E-state index in [4.69, 9.17) is 5.11 Å². The fourth-order valence-corrected chi connectivity index (χ4v) is 2.13. The van der Waals surface area contributed by atoms with Crippen molar-refractivity contribution < 1.29 is 9.90 Å². The second-order valence-corrected chi connectivity index (χ2v) is 4.48. The molecule has 0 spiro atoms. The Morgan fingerprint density at radius 2 is 2.00 bits per heavy atom. The van der Waals surface area contributed by atoms with Gasteiger partial charge in [0.1, 0.15) is 0 Å². The average molecular weight is 170 g/mol. The van der Waals surface area contributed by atoms with E-state index in [9.17, 15) is 4.79 Å². The van der Waals surface area contributed by atoms with Gasteiger partial charge in [-0.15, -0.1) is 0 Å². The van der Waals surface area contributed by atoms with Crippen molar-refractivity contribution in [3.8, 4) is 0 Å². The first-order valence-corrected chi connectivity index (χ1v) is 4.77. The van der Waals surface area contributed by atoms with Gasteiger partial charge in [0.25, 0.3) is 0 Å². The van der Waals surface area contributed by atoms with Crippen molar-refractivity contribution in [2.24, 2.45) is 11.3 Å². The number of hydrogen-bond donors (Lipinski definition) is 1. The highest BCUT2D eigenvalue weighted by Gasteiger charge is 2.35. The molecule has 70 valence electrons. The maximum atomic E-state index is 10.9. The highest BCUT2D eigenvalue weighted by Crippen LogP contribution is 2.39. The summed E-state index contributed by atoms with van der Waals surface area (Å²) in [5.74, 6) is -0.734. The van der Waals surface area contributed by atoms with Gasteiger partial charge in [-0.05, 0) is 18.3 Å². The van der Waals surface area contributed by atoms with Crippen molar-refractivity contribution in [2.45, 2.75) is 46.0 Å². The monoisotopic (exact) mass is 170 g/mol. The summed E-state index contributed by atoms with van der Waals surface area (Å²) in [4.78, 5) is 10.9. The Labute approximate surface area is 74.0 Å². The predicted molar refractivity (Wildman–Crippen MR) is 48.0 cm³/mol. The molecule has 1 rings (SSSR count). The van der Waals surface area contributed by atoms with Crippen molar-refractivity contribution in [1.82, 2.24) is 0 Å². The van der Waals surface area contributed by atoms with Crippen LogP contribution in [0, 0.1) is 11.3 Å². The van der Waals surface area contributed by atoms with Crippen molar-refractivity contribution in [3.63, 3.8) is 0 Å². The Hall–Kier alpha value is -0.530. The van der Waals surface area contributed by atoms with Crippen LogP contribution >= 0.6 is 0 Å². The number of carboxylic acids is 1. The molecule has 0 bridgehead atoms. The molecule has 0 amide bonds. The van der Waals surface area contributed by atoms with E-state index in [-0.39, 0.29) is 11.3 Å². The van der Waals surface area contributed by atoms with Crippen LogP contribution in [-0.4, -0.2) is 11.1 Å². The highest BCUT2D eigenvalue weighted by atomic mass is 16.4. The second-order valence-electron chi connectivity index (χ2n) is 4.48. The van der Waals surface area contributed by atoms with Gasteiger partial charge in [0.15, 0.2) is 0 Å². The average Bonchev–Trinajstić information content (AvgIpc) is 2.09. The summed E-state index contributed by atoms with van der Waals surface area (Å²) >= 11 is 0. The molecule has 0 unspecified atom stereocenters. The number of carbonyl (C=O) groups is 1. The van der Waals surface area contributed by atoms with Crippen LogP contribution in [0.5, 0.6) is 0 Å². The Balaban J connectivity index is 2.71. The van der Waals surface area contributed by atoms with Gasteiger partial charge in [-0.25, -0.2) is 0 Å². The lowest BCUT2D eigenvalue weighted by atomic mass is 9.75. The van der Waals surface area contributed by atoms with E-state index in [1.165, 1.54) is 12.8 Å². The predicted octanol–water partition coefficient (Wildman–Crippen LogP) is 2.68. The number of aliphatic carboxylic acids is 1. The summed E-state index contributed by atoms with van der Waals surface area (Å²) in [5.41, 5.74) is 0.00231. The molecule has 1 aliphatic carbocycles.